The summed E-state index contributed by atoms with van der Waals surface area (Å²) >= 11 is 1.62. The standard InChI is InChI=1S/C22H14FNOS/c23-14-11-9-13(10-12-14)22-19-20(15-5-1-2-6-16(15)21(19)25)24-17-7-3-4-8-18(17)26-22/h1-12,22,24H/t22-/m1/s1. The summed E-state index contributed by atoms with van der Waals surface area (Å²) in [5.74, 6) is -0.237. The Bertz CT molecular complexity index is 1070. The number of ketones is 1. The third kappa shape index (κ3) is 2.30. The molecule has 2 aliphatic rings. The Hall–Kier alpha value is -2.85. The normalized spacial score (nSPS) is 17.9. The van der Waals surface area contributed by atoms with Crippen molar-refractivity contribution in [2.24, 2.45) is 0 Å². The van der Waals surface area contributed by atoms with Crippen LogP contribution in [-0.2, 0) is 0 Å². The molecule has 0 saturated carbocycles. The van der Waals surface area contributed by atoms with Crippen LogP contribution < -0.4 is 5.32 Å². The fraction of sp³-hybridized carbons (Fsp3) is 0.0455. The average molecular weight is 359 g/mol. The summed E-state index contributed by atoms with van der Waals surface area (Å²) in [5.41, 5.74) is 5.15. The summed E-state index contributed by atoms with van der Waals surface area (Å²) < 4.78 is 13.4. The van der Waals surface area contributed by atoms with Gasteiger partial charge in [0, 0.05) is 21.6 Å². The molecule has 1 heterocycles. The summed E-state index contributed by atoms with van der Waals surface area (Å²) in [4.78, 5) is 14.3. The lowest BCUT2D eigenvalue weighted by atomic mass is 10.0. The SMILES string of the molecule is O=C1C2=C(Nc3ccccc3S[C@@H]2c2ccc(F)cc2)c2ccccc21. The van der Waals surface area contributed by atoms with E-state index in [9.17, 15) is 9.18 Å². The van der Waals surface area contributed by atoms with Gasteiger partial charge in [0.05, 0.1) is 16.6 Å². The molecule has 0 fully saturated rings. The number of hydrogen-bond donors (Lipinski definition) is 1. The van der Waals surface area contributed by atoms with Gasteiger partial charge in [-0.2, -0.15) is 0 Å². The smallest absolute Gasteiger partial charge is 0.193 e. The number of carbonyl (C=O) groups excluding carboxylic acids is 1. The molecule has 4 heteroatoms. The minimum absolute atomic E-state index is 0.0396. The largest absolute Gasteiger partial charge is 0.354 e. The number of anilines is 1. The van der Waals surface area contributed by atoms with Crippen LogP contribution in [0, 0.1) is 5.82 Å². The lowest BCUT2D eigenvalue weighted by Crippen LogP contribution is -2.07. The molecule has 26 heavy (non-hydrogen) atoms. The zero-order valence-electron chi connectivity index (χ0n) is 13.7. The molecule has 0 radical (unpaired) electrons. The molecule has 2 nitrogen and oxygen atoms in total. The number of Topliss-reactive ketones (excluding diaryl/α,β-unsaturated/α-hetero) is 1. The Balaban J connectivity index is 1.74. The van der Waals surface area contributed by atoms with Gasteiger partial charge >= 0.3 is 0 Å². The molecule has 1 N–H and O–H groups in total. The van der Waals surface area contributed by atoms with Gasteiger partial charge < -0.3 is 5.32 Å². The zero-order chi connectivity index (χ0) is 17.7. The molecule has 126 valence electrons. The van der Waals surface area contributed by atoms with E-state index in [2.05, 4.69) is 5.32 Å². The number of fused-ring (bicyclic) bond motifs is 3. The highest BCUT2D eigenvalue weighted by Crippen LogP contribution is 2.52. The molecule has 0 aromatic heterocycles. The van der Waals surface area contributed by atoms with E-state index in [0.717, 1.165) is 38.5 Å². The average Bonchev–Trinajstić information content (AvgIpc) is 2.84. The minimum Gasteiger partial charge on any atom is -0.354 e. The van der Waals surface area contributed by atoms with Crippen LogP contribution in [0.25, 0.3) is 5.70 Å². The summed E-state index contributed by atoms with van der Waals surface area (Å²) in [5, 5.41) is 3.29. The summed E-state index contributed by atoms with van der Waals surface area (Å²) in [7, 11) is 0. The number of hydrogen-bond acceptors (Lipinski definition) is 3. The van der Waals surface area contributed by atoms with Crippen molar-refractivity contribution in [2.75, 3.05) is 5.32 Å². The topological polar surface area (TPSA) is 29.1 Å². The van der Waals surface area contributed by atoms with Gasteiger partial charge in [-0.3, -0.25) is 4.79 Å². The van der Waals surface area contributed by atoms with Crippen molar-refractivity contribution in [3.63, 3.8) is 0 Å². The number of rotatable bonds is 1. The Kier molecular flexibility index (Phi) is 3.47. The highest BCUT2D eigenvalue weighted by molar-refractivity contribution is 8.00. The van der Waals surface area contributed by atoms with Crippen LogP contribution >= 0.6 is 11.8 Å². The van der Waals surface area contributed by atoms with E-state index >= 15 is 0 Å². The van der Waals surface area contributed by atoms with Gasteiger partial charge in [0.2, 0.25) is 0 Å². The van der Waals surface area contributed by atoms with Crippen LogP contribution in [0.3, 0.4) is 0 Å². The number of thioether (sulfide) groups is 1. The number of halogens is 1. The van der Waals surface area contributed by atoms with Crippen molar-refractivity contribution in [3.05, 3.63) is 101 Å². The van der Waals surface area contributed by atoms with Crippen molar-refractivity contribution >= 4 is 28.9 Å². The van der Waals surface area contributed by atoms with E-state index in [1.165, 1.54) is 12.1 Å². The molecule has 0 unspecified atom stereocenters. The highest BCUT2D eigenvalue weighted by atomic mass is 32.2. The van der Waals surface area contributed by atoms with Crippen molar-refractivity contribution < 1.29 is 9.18 Å². The predicted molar refractivity (Wildman–Crippen MR) is 103 cm³/mol. The number of carbonyl (C=O) groups is 1. The van der Waals surface area contributed by atoms with E-state index in [-0.39, 0.29) is 16.9 Å². The van der Waals surface area contributed by atoms with Gasteiger partial charge in [0.1, 0.15) is 5.82 Å². The first-order chi connectivity index (χ1) is 12.7. The van der Waals surface area contributed by atoms with Gasteiger partial charge in [-0.05, 0) is 29.8 Å². The molecule has 3 aromatic rings. The Morgan fingerprint density at radius 3 is 2.35 bits per heavy atom. The number of nitrogens with one attached hydrogen (secondary N) is 1. The van der Waals surface area contributed by atoms with Gasteiger partial charge in [-0.1, -0.05) is 48.5 Å². The van der Waals surface area contributed by atoms with Gasteiger partial charge in [-0.15, -0.1) is 11.8 Å². The molecular weight excluding hydrogens is 345 g/mol. The van der Waals surface area contributed by atoms with Gasteiger partial charge in [0.15, 0.2) is 5.78 Å². The van der Waals surface area contributed by atoms with E-state index in [1.807, 2.05) is 48.5 Å². The fourth-order valence-electron chi connectivity index (χ4n) is 3.55. The molecule has 0 bridgehead atoms. The molecule has 0 saturated heterocycles. The minimum atomic E-state index is -0.277. The number of para-hydroxylation sites is 1. The molecule has 0 spiro atoms. The molecule has 1 aliphatic carbocycles. The van der Waals surface area contributed by atoms with Crippen molar-refractivity contribution in [1.82, 2.24) is 0 Å². The van der Waals surface area contributed by atoms with E-state index in [1.54, 1.807) is 23.9 Å². The fourth-order valence-corrected chi connectivity index (χ4v) is 4.85. The van der Waals surface area contributed by atoms with Crippen LogP contribution in [0.4, 0.5) is 10.1 Å². The quantitative estimate of drug-likeness (QED) is 0.605. The number of benzene rings is 3. The lowest BCUT2D eigenvalue weighted by Gasteiger charge is -2.17. The second-order valence-corrected chi connectivity index (χ2v) is 7.48. The van der Waals surface area contributed by atoms with Gasteiger partial charge in [0.25, 0.3) is 0 Å². The first-order valence-corrected chi connectivity index (χ1v) is 9.27. The first-order valence-electron chi connectivity index (χ1n) is 8.39. The van der Waals surface area contributed by atoms with Crippen molar-refractivity contribution in [1.29, 1.82) is 0 Å². The maximum Gasteiger partial charge on any atom is 0.193 e. The summed E-state index contributed by atoms with van der Waals surface area (Å²) in [6.45, 7) is 0. The second kappa shape index (κ2) is 5.85. The molecule has 0 amide bonds. The van der Waals surface area contributed by atoms with Crippen LogP contribution in [0.15, 0.2) is 83.3 Å². The maximum absolute atomic E-state index is 13.4. The van der Waals surface area contributed by atoms with E-state index in [0.29, 0.717) is 0 Å². The Morgan fingerprint density at radius 2 is 1.54 bits per heavy atom. The third-order valence-corrected chi connectivity index (χ3v) is 6.13. The molecular formula is C22H14FNOS. The maximum atomic E-state index is 13.4. The van der Waals surface area contributed by atoms with Gasteiger partial charge in [-0.25, -0.2) is 4.39 Å². The Morgan fingerprint density at radius 1 is 0.846 bits per heavy atom. The van der Waals surface area contributed by atoms with E-state index in [4.69, 9.17) is 0 Å². The van der Waals surface area contributed by atoms with Crippen LogP contribution in [0.1, 0.15) is 26.7 Å². The molecule has 5 rings (SSSR count). The molecule has 1 atom stereocenters. The van der Waals surface area contributed by atoms with Crippen LogP contribution in [-0.4, -0.2) is 5.78 Å². The molecule has 3 aromatic carbocycles. The van der Waals surface area contributed by atoms with Crippen molar-refractivity contribution in [2.45, 2.75) is 10.1 Å². The van der Waals surface area contributed by atoms with Crippen LogP contribution in [0.5, 0.6) is 0 Å². The third-order valence-electron chi connectivity index (χ3n) is 4.78. The Labute approximate surface area is 154 Å². The summed E-state index contributed by atoms with van der Waals surface area (Å²) in [6.07, 6.45) is 0. The van der Waals surface area contributed by atoms with Crippen molar-refractivity contribution in [3.8, 4) is 0 Å². The second-order valence-electron chi connectivity index (χ2n) is 6.33. The van der Waals surface area contributed by atoms with Crippen LogP contribution in [0.2, 0.25) is 0 Å². The summed E-state index contributed by atoms with van der Waals surface area (Å²) in [6, 6.07) is 22.1. The van der Waals surface area contributed by atoms with E-state index < -0.39 is 0 Å². The monoisotopic (exact) mass is 359 g/mol. The molecule has 1 aliphatic heterocycles. The predicted octanol–water partition coefficient (Wildman–Crippen LogP) is 5.69. The lowest BCUT2D eigenvalue weighted by molar-refractivity contribution is 0.103. The first kappa shape index (κ1) is 15.4. The highest BCUT2D eigenvalue weighted by Gasteiger charge is 2.37. The zero-order valence-corrected chi connectivity index (χ0v) is 14.5.